The Morgan fingerprint density at radius 2 is 2.22 bits per heavy atom. The fourth-order valence-electron chi connectivity index (χ4n) is 2.93. The van der Waals surface area contributed by atoms with Crippen molar-refractivity contribution in [2.45, 2.75) is 18.9 Å². The van der Waals surface area contributed by atoms with Gasteiger partial charge in [0, 0.05) is 12.6 Å². The molecule has 0 amide bonds. The zero-order valence-electron chi connectivity index (χ0n) is 12.8. The first-order valence-electron chi connectivity index (χ1n) is 7.65. The van der Waals surface area contributed by atoms with Gasteiger partial charge in [0.05, 0.1) is 15.4 Å². The molecule has 0 saturated carbocycles. The van der Waals surface area contributed by atoms with E-state index >= 15 is 0 Å². The SMILES string of the molecule is CN1CCCC(Oc2ccc3ncc(-c4ccc(Cl)s4)n3n2)C1. The maximum absolute atomic E-state index is 6.08. The normalized spacial score (nSPS) is 19.3. The minimum atomic E-state index is 0.196. The fraction of sp³-hybridized carbons (Fsp3) is 0.375. The van der Waals surface area contributed by atoms with Gasteiger partial charge in [0.15, 0.2) is 5.65 Å². The Morgan fingerprint density at radius 3 is 3.00 bits per heavy atom. The number of fused-ring (bicyclic) bond motifs is 1. The summed E-state index contributed by atoms with van der Waals surface area (Å²) in [5.74, 6) is 0.639. The second kappa shape index (κ2) is 6.11. The van der Waals surface area contributed by atoms with E-state index in [1.54, 1.807) is 0 Å². The van der Waals surface area contributed by atoms with Crippen molar-refractivity contribution in [3.63, 3.8) is 0 Å². The summed E-state index contributed by atoms with van der Waals surface area (Å²) in [6.45, 7) is 2.08. The summed E-state index contributed by atoms with van der Waals surface area (Å²) in [5.41, 5.74) is 1.74. The number of thiophene rings is 1. The van der Waals surface area contributed by atoms with Crippen molar-refractivity contribution in [3.8, 4) is 16.5 Å². The lowest BCUT2D eigenvalue weighted by molar-refractivity contribution is 0.0988. The van der Waals surface area contributed by atoms with Gasteiger partial charge in [-0.15, -0.1) is 16.4 Å². The molecule has 0 spiro atoms. The Hall–Kier alpha value is -1.63. The second-order valence-electron chi connectivity index (χ2n) is 5.83. The first-order chi connectivity index (χ1) is 11.2. The van der Waals surface area contributed by atoms with Gasteiger partial charge in [-0.25, -0.2) is 9.50 Å². The molecule has 4 heterocycles. The van der Waals surface area contributed by atoms with Crippen molar-refractivity contribution in [2.75, 3.05) is 20.1 Å². The van der Waals surface area contributed by atoms with Crippen LogP contribution in [0.1, 0.15) is 12.8 Å². The molecular weight excluding hydrogens is 332 g/mol. The van der Waals surface area contributed by atoms with Gasteiger partial charge in [0.25, 0.3) is 0 Å². The van der Waals surface area contributed by atoms with Crippen LogP contribution in [0, 0.1) is 0 Å². The monoisotopic (exact) mass is 348 g/mol. The highest BCUT2D eigenvalue weighted by atomic mass is 35.5. The summed E-state index contributed by atoms with van der Waals surface area (Å²) in [6.07, 6.45) is 4.25. The lowest BCUT2D eigenvalue weighted by Gasteiger charge is -2.29. The number of hydrogen-bond donors (Lipinski definition) is 0. The number of hydrogen-bond acceptors (Lipinski definition) is 5. The predicted octanol–water partition coefficient (Wildman–Crippen LogP) is 3.58. The number of likely N-dealkylation sites (N-methyl/N-ethyl adjacent to an activating group) is 1. The van der Waals surface area contributed by atoms with Crippen molar-refractivity contribution in [1.82, 2.24) is 19.5 Å². The van der Waals surface area contributed by atoms with Crippen molar-refractivity contribution in [1.29, 1.82) is 0 Å². The Balaban J connectivity index is 1.64. The molecule has 0 aliphatic carbocycles. The quantitative estimate of drug-likeness (QED) is 0.725. The summed E-state index contributed by atoms with van der Waals surface area (Å²) < 4.78 is 8.66. The van der Waals surface area contributed by atoms with E-state index in [0.29, 0.717) is 5.88 Å². The van der Waals surface area contributed by atoms with Gasteiger partial charge in [-0.05, 0) is 44.6 Å². The number of imidazole rings is 1. The molecule has 1 aliphatic rings. The molecule has 1 saturated heterocycles. The van der Waals surface area contributed by atoms with Gasteiger partial charge >= 0.3 is 0 Å². The molecule has 1 atom stereocenters. The predicted molar refractivity (Wildman–Crippen MR) is 92.5 cm³/mol. The molecule has 1 aliphatic heterocycles. The molecule has 4 rings (SSSR count). The number of nitrogens with zero attached hydrogens (tertiary/aromatic N) is 4. The van der Waals surface area contributed by atoms with Gasteiger partial charge in [-0.1, -0.05) is 11.6 Å². The minimum Gasteiger partial charge on any atom is -0.472 e. The maximum atomic E-state index is 6.08. The maximum Gasteiger partial charge on any atom is 0.232 e. The lowest BCUT2D eigenvalue weighted by atomic mass is 10.1. The van der Waals surface area contributed by atoms with Gasteiger partial charge < -0.3 is 9.64 Å². The third-order valence-corrected chi connectivity index (χ3v) is 5.29. The molecule has 5 nitrogen and oxygen atoms in total. The van der Waals surface area contributed by atoms with Crippen LogP contribution < -0.4 is 4.74 Å². The Kier molecular flexibility index (Phi) is 3.97. The fourth-order valence-corrected chi connectivity index (χ4v) is 3.96. The van der Waals surface area contributed by atoms with E-state index in [2.05, 4.69) is 22.0 Å². The van der Waals surface area contributed by atoms with Crippen molar-refractivity contribution >= 4 is 28.6 Å². The molecule has 3 aromatic rings. The van der Waals surface area contributed by atoms with Gasteiger partial charge in [-0.3, -0.25) is 0 Å². The molecule has 0 radical (unpaired) electrons. The van der Waals surface area contributed by atoms with Crippen LogP contribution in [0.5, 0.6) is 5.88 Å². The molecule has 120 valence electrons. The van der Waals surface area contributed by atoms with Crippen molar-refractivity contribution in [3.05, 3.63) is 34.8 Å². The molecular formula is C16H17ClN4OS. The number of rotatable bonds is 3. The molecule has 0 N–H and O–H groups in total. The average molecular weight is 349 g/mol. The summed E-state index contributed by atoms with van der Waals surface area (Å²) >= 11 is 7.56. The Bertz CT molecular complexity index is 830. The minimum absolute atomic E-state index is 0.196. The zero-order valence-corrected chi connectivity index (χ0v) is 14.3. The van der Waals surface area contributed by atoms with Crippen molar-refractivity contribution < 1.29 is 4.74 Å². The van der Waals surface area contributed by atoms with Crippen LogP contribution in [-0.4, -0.2) is 45.7 Å². The van der Waals surface area contributed by atoms with E-state index < -0.39 is 0 Å². The van der Waals surface area contributed by atoms with Gasteiger partial charge in [0.1, 0.15) is 11.8 Å². The van der Waals surface area contributed by atoms with E-state index in [4.69, 9.17) is 16.3 Å². The van der Waals surface area contributed by atoms with Crippen LogP contribution in [0.25, 0.3) is 16.2 Å². The van der Waals surface area contributed by atoms with Gasteiger partial charge in [0.2, 0.25) is 5.88 Å². The highest BCUT2D eigenvalue weighted by Gasteiger charge is 2.19. The van der Waals surface area contributed by atoms with Crippen LogP contribution in [0.15, 0.2) is 30.5 Å². The Morgan fingerprint density at radius 1 is 1.30 bits per heavy atom. The summed E-state index contributed by atoms with van der Waals surface area (Å²) in [4.78, 5) is 7.75. The highest BCUT2D eigenvalue weighted by molar-refractivity contribution is 7.19. The van der Waals surface area contributed by atoms with Crippen LogP contribution in [0.2, 0.25) is 4.34 Å². The van der Waals surface area contributed by atoms with Crippen LogP contribution in [0.4, 0.5) is 0 Å². The smallest absolute Gasteiger partial charge is 0.232 e. The largest absolute Gasteiger partial charge is 0.472 e. The third kappa shape index (κ3) is 3.06. The summed E-state index contributed by atoms with van der Waals surface area (Å²) in [5, 5.41) is 4.62. The van der Waals surface area contributed by atoms with E-state index in [-0.39, 0.29) is 6.10 Å². The second-order valence-corrected chi connectivity index (χ2v) is 7.55. The van der Waals surface area contributed by atoms with E-state index in [1.807, 2.05) is 35.0 Å². The number of ether oxygens (including phenoxy) is 1. The Labute approximate surface area is 143 Å². The topological polar surface area (TPSA) is 42.7 Å². The third-order valence-electron chi connectivity index (χ3n) is 4.03. The molecule has 1 fully saturated rings. The van der Waals surface area contributed by atoms with E-state index in [0.717, 1.165) is 46.5 Å². The lowest BCUT2D eigenvalue weighted by Crippen LogP contribution is -2.38. The van der Waals surface area contributed by atoms with Crippen LogP contribution in [0.3, 0.4) is 0 Å². The number of piperidine rings is 1. The molecule has 0 bridgehead atoms. The molecule has 23 heavy (non-hydrogen) atoms. The molecule has 1 unspecified atom stereocenters. The summed E-state index contributed by atoms with van der Waals surface area (Å²) in [6, 6.07) is 7.70. The molecule has 7 heteroatoms. The van der Waals surface area contributed by atoms with E-state index in [1.165, 1.54) is 11.3 Å². The van der Waals surface area contributed by atoms with Crippen LogP contribution >= 0.6 is 22.9 Å². The average Bonchev–Trinajstić information content (AvgIpc) is 3.13. The van der Waals surface area contributed by atoms with Gasteiger partial charge in [-0.2, -0.15) is 0 Å². The first-order valence-corrected chi connectivity index (χ1v) is 8.84. The standard InChI is InChI=1S/C16H17ClN4OS/c1-20-8-2-3-11(10-20)22-16-7-6-15-18-9-12(21(15)19-16)13-4-5-14(17)23-13/h4-7,9,11H,2-3,8,10H2,1H3. The number of halogens is 1. The van der Waals surface area contributed by atoms with E-state index in [9.17, 15) is 0 Å². The summed E-state index contributed by atoms with van der Waals surface area (Å²) in [7, 11) is 2.13. The van der Waals surface area contributed by atoms with Crippen LogP contribution in [-0.2, 0) is 0 Å². The molecule has 0 aromatic carbocycles. The zero-order chi connectivity index (χ0) is 15.8. The first kappa shape index (κ1) is 14.9. The molecule has 3 aromatic heterocycles. The van der Waals surface area contributed by atoms with Crippen molar-refractivity contribution in [2.24, 2.45) is 0 Å². The number of aromatic nitrogens is 3. The highest BCUT2D eigenvalue weighted by Crippen LogP contribution is 2.31. The number of likely N-dealkylation sites (tertiary alicyclic amines) is 1.